The Labute approximate surface area is 135 Å². The lowest BCUT2D eigenvalue weighted by atomic mass is 9.86. The summed E-state index contributed by atoms with van der Waals surface area (Å²) in [6, 6.07) is 7.08. The topological polar surface area (TPSA) is 78.5 Å². The van der Waals surface area contributed by atoms with Gasteiger partial charge in [-0.05, 0) is 29.5 Å². The minimum atomic E-state index is -0.960. The molecule has 122 valence electrons. The standard InChI is InChI=1S/C17H21N3O3/c1-16(2,3)12-6-4-11(5-7-12)13(21)20-9-8-17(10-20)14(22)18-15(23)19-17/h4-7H,8-10H2,1-3H3,(H2,18,19,22,23). The predicted molar refractivity (Wildman–Crippen MR) is 85.1 cm³/mol. The number of amides is 4. The van der Waals surface area contributed by atoms with E-state index in [9.17, 15) is 14.4 Å². The lowest BCUT2D eigenvalue weighted by molar-refractivity contribution is -0.123. The molecule has 0 aromatic heterocycles. The van der Waals surface area contributed by atoms with Crippen LogP contribution in [0.15, 0.2) is 24.3 Å². The quantitative estimate of drug-likeness (QED) is 0.769. The highest BCUT2D eigenvalue weighted by molar-refractivity contribution is 6.08. The van der Waals surface area contributed by atoms with E-state index in [2.05, 4.69) is 31.4 Å². The minimum Gasteiger partial charge on any atom is -0.336 e. The Morgan fingerprint density at radius 3 is 2.35 bits per heavy atom. The van der Waals surface area contributed by atoms with Crippen molar-refractivity contribution in [2.45, 2.75) is 38.1 Å². The molecule has 0 bridgehead atoms. The molecule has 1 spiro atoms. The maximum Gasteiger partial charge on any atom is 0.322 e. The van der Waals surface area contributed by atoms with Crippen LogP contribution < -0.4 is 10.6 Å². The van der Waals surface area contributed by atoms with Crippen LogP contribution in [0.1, 0.15) is 43.1 Å². The Bertz CT molecular complexity index is 675. The molecule has 23 heavy (non-hydrogen) atoms. The zero-order valence-corrected chi connectivity index (χ0v) is 13.6. The fourth-order valence-electron chi connectivity index (χ4n) is 3.09. The molecule has 1 unspecified atom stereocenters. The van der Waals surface area contributed by atoms with E-state index >= 15 is 0 Å². The molecule has 2 saturated heterocycles. The maximum atomic E-state index is 12.6. The average Bonchev–Trinajstić information content (AvgIpc) is 3.02. The van der Waals surface area contributed by atoms with Gasteiger partial charge in [0, 0.05) is 12.1 Å². The second-order valence-electron chi connectivity index (χ2n) is 7.29. The minimum absolute atomic E-state index is 0.0332. The summed E-state index contributed by atoms with van der Waals surface area (Å²) >= 11 is 0. The molecule has 6 heteroatoms. The number of nitrogens with zero attached hydrogens (tertiary/aromatic N) is 1. The van der Waals surface area contributed by atoms with Crippen molar-refractivity contribution in [2.75, 3.05) is 13.1 Å². The Hall–Kier alpha value is -2.37. The van der Waals surface area contributed by atoms with E-state index in [1.165, 1.54) is 0 Å². The van der Waals surface area contributed by atoms with Gasteiger partial charge in [0.1, 0.15) is 5.54 Å². The highest BCUT2D eigenvalue weighted by atomic mass is 16.2. The van der Waals surface area contributed by atoms with Crippen LogP contribution in [0.3, 0.4) is 0 Å². The maximum absolute atomic E-state index is 12.6. The van der Waals surface area contributed by atoms with E-state index in [-0.39, 0.29) is 23.8 Å². The summed E-state index contributed by atoms with van der Waals surface area (Å²) in [6.45, 7) is 7.03. The Kier molecular flexibility index (Phi) is 3.43. The molecule has 2 N–H and O–H groups in total. The third-order valence-electron chi connectivity index (χ3n) is 4.57. The van der Waals surface area contributed by atoms with Crippen molar-refractivity contribution in [1.82, 2.24) is 15.5 Å². The third-order valence-corrected chi connectivity index (χ3v) is 4.57. The fourth-order valence-corrected chi connectivity index (χ4v) is 3.09. The van der Waals surface area contributed by atoms with Crippen LogP contribution in [0.5, 0.6) is 0 Å². The lowest BCUT2D eigenvalue weighted by Crippen LogP contribution is -2.49. The summed E-state index contributed by atoms with van der Waals surface area (Å²) in [5.41, 5.74) is 0.831. The monoisotopic (exact) mass is 315 g/mol. The summed E-state index contributed by atoms with van der Waals surface area (Å²) < 4.78 is 0. The first-order chi connectivity index (χ1) is 10.7. The molecule has 2 aliphatic rings. The summed E-state index contributed by atoms with van der Waals surface area (Å²) in [7, 11) is 0. The number of carbonyl (C=O) groups is 3. The highest BCUT2D eigenvalue weighted by Crippen LogP contribution is 2.27. The highest BCUT2D eigenvalue weighted by Gasteiger charge is 2.51. The van der Waals surface area contributed by atoms with Crippen LogP contribution >= 0.6 is 0 Å². The molecule has 2 aliphatic heterocycles. The molecule has 1 atom stereocenters. The molecule has 0 aliphatic carbocycles. The molecule has 3 rings (SSSR count). The Morgan fingerprint density at radius 2 is 1.83 bits per heavy atom. The normalized spacial score (nSPS) is 24.0. The van der Waals surface area contributed by atoms with Crippen molar-refractivity contribution in [3.8, 4) is 0 Å². The van der Waals surface area contributed by atoms with Crippen LogP contribution in [0.2, 0.25) is 0 Å². The molecular formula is C17H21N3O3. The number of carbonyl (C=O) groups excluding carboxylic acids is 3. The van der Waals surface area contributed by atoms with Crippen LogP contribution in [-0.4, -0.2) is 41.4 Å². The first-order valence-corrected chi connectivity index (χ1v) is 7.75. The first-order valence-electron chi connectivity index (χ1n) is 7.75. The molecule has 1 aromatic carbocycles. The molecule has 1 aromatic rings. The molecule has 2 fully saturated rings. The average molecular weight is 315 g/mol. The van der Waals surface area contributed by atoms with Gasteiger partial charge in [-0.25, -0.2) is 4.79 Å². The van der Waals surface area contributed by atoms with E-state index in [1.54, 1.807) is 4.90 Å². The summed E-state index contributed by atoms with van der Waals surface area (Å²) in [5.74, 6) is -0.461. The van der Waals surface area contributed by atoms with E-state index < -0.39 is 11.6 Å². The summed E-state index contributed by atoms with van der Waals surface area (Å²) in [4.78, 5) is 37.5. The number of rotatable bonds is 1. The van der Waals surface area contributed by atoms with Crippen molar-refractivity contribution < 1.29 is 14.4 Å². The van der Waals surface area contributed by atoms with Gasteiger partial charge in [0.25, 0.3) is 11.8 Å². The molecule has 4 amide bonds. The van der Waals surface area contributed by atoms with Gasteiger partial charge in [-0.15, -0.1) is 0 Å². The van der Waals surface area contributed by atoms with E-state index in [0.29, 0.717) is 18.5 Å². The number of benzene rings is 1. The first kappa shape index (κ1) is 15.5. The smallest absolute Gasteiger partial charge is 0.322 e. The third kappa shape index (κ3) is 2.69. The Morgan fingerprint density at radius 1 is 1.17 bits per heavy atom. The van der Waals surface area contributed by atoms with Crippen LogP contribution in [-0.2, 0) is 10.2 Å². The predicted octanol–water partition coefficient (Wildman–Crippen LogP) is 1.41. The molecular weight excluding hydrogens is 294 g/mol. The number of nitrogens with one attached hydrogen (secondary N) is 2. The second kappa shape index (κ2) is 5.08. The number of likely N-dealkylation sites (tertiary alicyclic amines) is 1. The van der Waals surface area contributed by atoms with Gasteiger partial charge < -0.3 is 10.2 Å². The van der Waals surface area contributed by atoms with Crippen molar-refractivity contribution >= 4 is 17.8 Å². The van der Waals surface area contributed by atoms with Crippen LogP contribution in [0, 0.1) is 0 Å². The zero-order valence-electron chi connectivity index (χ0n) is 13.6. The number of imide groups is 1. The summed E-state index contributed by atoms with van der Waals surface area (Å²) in [6.07, 6.45) is 0.441. The number of hydrogen-bond donors (Lipinski definition) is 2. The molecule has 0 saturated carbocycles. The van der Waals surface area contributed by atoms with Gasteiger partial charge in [-0.3, -0.25) is 14.9 Å². The fraction of sp³-hybridized carbons (Fsp3) is 0.471. The van der Waals surface area contributed by atoms with Crippen molar-refractivity contribution in [3.63, 3.8) is 0 Å². The number of hydrogen-bond acceptors (Lipinski definition) is 3. The van der Waals surface area contributed by atoms with Gasteiger partial charge in [-0.2, -0.15) is 0 Å². The van der Waals surface area contributed by atoms with E-state index in [0.717, 1.165) is 5.56 Å². The Balaban J connectivity index is 1.75. The van der Waals surface area contributed by atoms with Crippen molar-refractivity contribution in [2.24, 2.45) is 0 Å². The molecule has 2 heterocycles. The van der Waals surface area contributed by atoms with Gasteiger partial charge in [0.15, 0.2) is 0 Å². The van der Waals surface area contributed by atoms with Crippen LogP contribution in [0.4, 0.5) is 4.79 Å². The van der Waals surface area contributed by atoms with Crippen molar-refractivity contribution in [3.05, 3.63) is 35.4 Å². The van der Waals surface area contributed by atoms with Crippen molar-refractivity contribution in [1.29, 1.82) is 0 Å². The molecule has 0 radical (unpaired) electrons. The zero-order chi connectivity index (χ0) is 16.8. The van der Waals surface area contributed by atoms with Gasteiger partial charge >= 0.3 is 6.03 Å². The van der Waals surface area contributed by atoms with E-state index in [4.69, 9.17) is 0 Å². The van der Waals surface area contributed by atoms with Gasteiger partial charge in [-0.1, -0.05) is 32.9 Å². The van der Waals surface area contributed by atoms with Gasteiger partial charge in [0.2, 0.25) is 0 Å². The lowest BCUT2D eigenvalue weighted by Gasteiger charge is -2.22. The van der Waals surface area contributed by atoms with Crippen LogP contribution in [0.25, 0.3) is 0 Å². The largest absolute Gasteiger partial charge is 0.336 e. The SMILES string of the molecule is CC(C)(C)c1ccc(C(=O)N2CCC3(C2)NC(=O)NC3=O)cc1. The summed E-state index contributed by atoms with van der Waals surface area (Å²) in [5, 5.41) is 4.90. The second-order valence-corrected chi connectivity index (χ2v) is 7.29. The van der Waals surface area contributed by atoms with Gasteiger partial charge in [0.05, 0.1) is 6.54 Å². The number of urea groups is 1. The molecule has 6 nitrogen and oxygen atoms in total. The van der Waals surface area contributed by atoms with E-state index in [1.807, 2.05) is 24.3 Å².